The van der Waals surface area contributed by atoms with Gasteiger partial charge in [0.2, 0.25) is 0 Å². The van der Waals surface area contributed by atoms with Crippen molar-refractivity contribution in [2.75, 3.05) is 0 Å². The molecule has 0 saturated heterocycles. The number of hydrogen-bond acceptors (Lipinski definition) is 3. The maximum Gasteiger partial charge on any atom is 0.416 e. The fourth-order valence-electron chi connectivity index (χ4n) is 1.88. The van der Waals surface area contributed by atoms with Crippen molar-refractivity contribution in [1.82, 2.24) is 0 Å². The van der Waals surface area contributed by atoms with Crippen LogP contribution in [0.3, 0.4) is 0 Å². The van der Waals surface area contributed by atoms with Crippen molar-refractivity contribution in [3.05, 3.63) is 63.7 Å². The van der Waals surface area contributed by atoms with Gasteiger partial charge in [0.1, 0.15) is 0 Å². The molecule has 1 N–H and O–H groups in total. The zero-order valence-electron chi connectivity index (χ0n) is 10.8. The molecule has 22 heavy (non-hydrogen) atoms. The van der Waals surface area contributed by atoms with E-state index in [0.29, 0.717) is 6.07 Å². The molecule has 0 fully saturated rings. The van der Waals surface area contributed by atoms with Gasteiger partial charge < -0.3 is 5.11 Å². The summed E-state index contributed by atoms with van der Waals surface area (Å²) in [4.78, 5) is 21.0. The standard InChI is InChI=1S/C14H8F3NO4/c15-14(16,17)11-5-9(4-10(6-11)13(19)20)8-2-1-3-12(7-8)18(21)22/h1-7H,(H,19,20). The molecular formula is C14H8F3NO4. The van der Waals surface area contributed by atoms with E-state index < -0.39 is 28.2 Å². The molecule has 0 aromatic heterocycles. The number of nitro groups is 1. The lowest BCUT2D eigenvalue weighted by molar-refractivity contribution is -0.384. The number of rotatable bonds is 3. The lowest BCUT2D eigenvalue weighted by Gasteiger charge is -2.11. The van der Waals surface area contributed by atoms with Crippen LogP contribution >= 0.6 is 0 Å². The van der Waals surface area contributed by atoms with Crippen molar-refractivity contribution in [2.24, 2.45) is 0 Å². The fraction of sp³-hybridized carbons (Fsp3) is 0.0714. The summed E-state index contributed by atoms with van der Waals surface area (Å²) in [7, 11) is 0. The van der Waals surface area contributed by atoms with Gasteiger partial charge >= 0.3 is 12.1 Å². The third kappa shape index (κ3) is 3.22. The first kappa shape index (κ1) is 15.5. The average molecular weight is 311 g/mol. The topological polar surface area (TPSA) is 80.4 Å². The van der Waals surface area contributed by atoms with Crippen molar-refractivity contribution in [2.45, 2.75) is 6.18 Å². The van der Waals surface area contributed by atoms with Crippen LogP contribution < -0.4 is 0 Å². The van der Waals surface area contributed by atoms with E-state index in [1.807, 2.05) is 0 Å². The molecule has 0 aliphatic heterocycles. The molecule has 0 aliphatic rings. The molecule has 0 aliphatic carbocycles. The Morgan fingerprint density at radius 1 is 1.09 bits per heavy atom. The molecule has 0 radical (unpaired) electrons. The third-order valence-electron chi connectivity index (χ3n) is 2.90. The van der Waals surface area contributed by atoms with E-state index in [0.717, 1.165) is 18.2 Å². The number of carbonyl (C=O) groups is 1. The van der Waals surface area contributed by atoms with Gasteiger partial charge in [0, 0.05) is 12.1 Å². The van der Waals surface area contributed by atoms with Gasteiger partial charge in [-0.3, -0.25) is 10.1 Å². The normalized spacial score (nSPS) is 11.2. The number of nitro benzene ring substituents is 1. The second-order valence-corrected chi connectivity index (χ2v) is 4.41. The second kappa shape index (κ2) is 5.47. The zero-order valence-corrected chi connectivity index (χ0v) is 10.8. The molecule has 2 rings (SSSR count). The number of halogens is 3. The van der Waals surface area contributed by atoms with Gasteiger partial charge in [0.15, 0.2) is 0 Å². The van der Waals surface area contributed by atoms with E-state index >= 15 is 0 Å². The molecule has 0 saturated carbocycles. The fourth-order valence-corrected chi connectivity index (χ4v) is 1.88. The van der Waals surface area contributed by atoms with Crippen LogP contribution in [0.4, 0.5) is 18.9 Å². The van der Waals surface area contributed by atoms with Crippen molar-refractivity contribution < 1.29 is 28.0 Å². The van der Waals surface area contributed by atoms with E-state index in [9.17, 15) is 28.1 Å². The summed E-state index contributed by atoms with van der Waals surface area (Å²) >= 11 is 0. The van der Waals surface area contributed by atoms with Crippen molar-refractivity contribution >= 4 is 11.7 Å². The number of hydrogen-bond donors (Lipinski definition) is 1. The maximum atomic E-state index is 12.8. The Balaban J connectivity index is 2.64. The van der Waals surface area contributed by atoms with Gasteiger partial charge in [-0.05, 0) is 29.3 Å². The predicted molar refractivity (Wildman–Crippen MR) is 70.5 cm³/mol. The summed E-state index contributed by atoms with van der Waals surface area (Å²) in [6, 6.07) is 7.27. The minimum atomic E-state index is -4.72. The van der Waals surface area contributed by atoms with Crippen LogP contribution in [0.2, 0.25) is 0 Å². The number of carboxylic acids is 1. The van der Waals surface area contributed by atoms with Gasteiger partial charge in [-0.15, -0.1) is 0 Å². The quantitative estimate of drug-likeness (QED) is 0.686. The molecule has 0 amide bonds. The van der Waals surface area contributed by atoms with Crippen LogP contribution in [0, 0.1) is 10.1 Å². The van der Waals surface area contributed by atoms with Crippen molar-refractivity contribution in [3.63, 3.8) is 0 Å². The molecule has 114 valence electrons. The van der Waals surface area contributed by atoms with Gasteiger partial charge in [-0.1, -0.05) is 12.1 Å². The molecule has 0 spiro atoms. The van der Waals surface area contributed by atoms with E-state index in [4.69, 9.17) is 5.11 Å². The highest BCUT2D eigenvalue weighted by Crippen LogP contribution is 2.34. The molecule has 2 aromatic rings. The van der Waals surface area contributed by atoms with Gasteiger partial charge in [-0.25, -0.2) is 4.79 Å². The number of nitrogens with zero attached hydrogens (tertiary/aromatic N) is 1. The number of benzene rings is 2. The molecular weight excluding hydrogens is 303 g/mol. The Hall–Kier alpha value is -2.90. The Morgan fingerprint density at radius 2 is 1.77 bits per heavy atom. The SMILES string of the molecule is O=C(O)c1cc(-c2cccc([N+](=O)[O-])c2)cc(C(F)(F)F)c1. The van der Waals surface area contributed by atoms with Crippen LogP contribution in [-0.2, 0) is 6.18 Å². The second-order valence-electron chi connectivity index (χ2n) is 4.41. The van der Waals surface area contributed by atoms with Crippen LogP contribution in [0.5, 0.6) is 0 Å². The monoisotopic (exact) mass is 311 g/mol. The van der Waals surface area contributed by atoms with E-state index in [1.165, 1.54) is 18.2 Å². The van der Waals surface area contributed by atoms with Crippen molar-refractivity contribution in [3.8, 4) is 11.1 Å². The Morgan fingerprint density at radius 3 is 2.32 bits per heavy atom. The van der Waals surface area contributed by atoms with Gasteiger partial charge in [0.05, 0.1) is 16.1 Å². The Kier molecular flexibility index (Phi) is 3.85. The molecule has 5 nitrogen and oxygen atoms in total. The Bertz CT molecular complexity index is 756. The first-order valence-corrected chi connectivity index (χ1v) is 5.89. The highest BCUT2D eigenvalue weighted by molar-refractivity contribution is 5.90. The summed E-state index contributed by atoms with van der Waals surface area (Å²) in [6.07, 6.45) is -4.72. The Labute approximate surface area is 121 Å². The van der Waals surface area contributed by atoms with E-state index in [-0.39, 0.29) is 16.8 Å². The molecule has 0 heterocycles. The number of aromatic carboxylic acids is 1. The van der Waals surface area contributed by atoms with Crippen LogP contribution in [0.15, 0.2) is 42.5 Å². The molecule has 2 aromatic carbocycles. The summed E-state index contributed by atoms with van der Waals surface area (Å²) in [6.45, 7) is 0. The van der Waals surface area contributed by atoms with Gasteiger partial charge in [0.25, 0.3) is 5.69 Å². The third-order valence-corrected chi connectivity index (χ3v) is 2.90. The first-order chi connectivity index (χ1) is 10.2. The summed E-state index contributed by atoms with van der Waals surface area (Å²) < 4.78 is 38.5. The molecule has 8 heteroatoms. The average Bonchev–Trinajstić information content (AvgIpc) is 2.46. The predicted octanol–water partition coefficient (Wildman–Crippen LogP) is 3.98. The largest absolute Gasteiger partial charge is 0.478 e. The summed E-state index contributed by atoms with van der Waals surface area (Å²) in [5.74, 6) is -1.52. The molecule has 0 atom stereocenters. The highest BCUT2D eigenvalue weighted by atomic mass is 19.4. The lowest BCUT2D eigenvalue weighted by atomic mass is 9.99. The highest BCUT2D eigenvalue weighted by Gasteiger charge is 2.32. The maximum absolute atomic E-state index is 12.8. The smallest absolute Gasteiger partial charge is 0.416 e. The van der Waals surface area contributed by atoms with Crippen LogP contribution in [0.1, 0.15) is 15.9 Å². The van der Waals surface area contributed by atoms with Gasteiger partial charge in [-0.2, -0.15) is 13.2 Å². The number of non-ortho nitro benzene ring substituents is 1. The van der Waals surface area contributed by atoms with Crippen LogP contribution in [0.25, 0.3) is 11.1 Å². The first-order valence-electron chi connectivity index (χ1n) is 5.89. The molecule has 0 bridgehead atoms. The minimum Gasteiger partial charge on any atom is -0.478 e. The van der Waals surface area contributed by atoms with E-state index in [2.05, 4.69) is 0 Å². The summed E-state index contributed by atoms with van der Waals surface area (Å²) in [5.41, 5.74) is -1.91. The van der Waals surface area contributed by atoms with Crippen LogP contribution in [-0.4, -0.2) is 16.0 Å². The lowest BCUT2D eigenvalue weighted by Crippen LogP contribution is -2.08. The zero-order chi connectivity index (χ0) is 16.5. The minimum absolute atomic E-state index is 0.0593. The molecule has 0 unspecified atom stereocenters. The van der Waals surface area contributed by atoms with E-state index in [1.54, 1.807) is 0 Å². The van der Waals surface area contributed by atoms with Crippen molar-refractivity contribution in [1.29, 1.82) is 0 Å². The summed E-state index contributed by atoms with van der Waals surface area (Å²) in [5, 5.41) is 19.6. The number of carboxylic acid groups (broad SMARTS) is 1. The number of alkyl halides is 3.